The number of amides is 2. The Kier molecular flexibility index (Phi) is 6.00. The lowest BCUT2D eigenvalue weighted by Gasteiger charge is -2.27. The van der Waals surface area contributed by atoms with Gasteiger partial charge in [0.25, 0.3) is 11.8 Å². The van der Waals surface area contributed by atoms with Crippen LogP contribution in [0.3, 0.4) is 0 Å². The van der Waals surface area contributed by atoms with Crippen molar-refractivity contribution in [2.24, 2.45) is 0 Å². The number of hydrogen-bond donors (Lipinski definition) is 0. The minimum absolute atomic E-state index is 0.0326. The topological polar surface area (TPSA) is 62.7 Å². The minimum Gasteiger partial charge on any atom is -0.472 e. The Bertz CT molecular complexity index is 898. The Balaban J connectivity index is 1.43. The molecule has 2 aliphatic rings. The average Bonchev–Trinajstić information content (AvgIpc) is 3.23. The van der Waals surface area contributed by atoms with Crippen molar-refractivity contribution in [3.63, 3.8) is 0 Å². The molecular formula is C22H24ClN3O3. The van der Waals surface area contributed by atoms with Crippen LogP contribution in [-0.2, 0) is 0 Å². The van der Waals surface area contributed by atoms with E-state index in [4.69, 9.17) is 16.3 Å². The summed E-state index contributed by atoms with van der Waals surface area (Å²) in [7, 11) is 0. The number of likely N-dealkylation sites (tertiary alicyclic amines) is 2. The molecule has 2 aromatic rings. The lowest BCUT2D eigenvalue weighted by atomic mass is 10.1. The minimum atomic E-state index is -0.204. The Labute approximate surface area is 175 Å². The van der Waals surface area contributed by atoms with Crippen LogP contribution in [0.15, 0.2) is 42.6 Å². The third kappa shape index (κ3) is 4.37. The summed E-state index contributed by atoms with van der Waals surface area (Å²) in [6, 6.07) is 10.6. The van der Waals surface area contributed by atoms with Crippen LogP contribution in [0.5, 0.6) is 5.88 Å². The molecule has 2 amide bonds. The summed E-state index contributed by atoms with van der Waals surface area (Å²) in [5.41, 5.74) is 0.985. The molecule has 0 radical (unpaired) electrons. The number of benzene rings is 1. The summed E-state index contributed by atoms with van der Waals surface area (Å²) in [6.45, 7) is 2.57. The van der Waals surface area contributed by atoms with Crippen molar-refractivity contribution in [3.05, 3.63) is 58.7 Å². The van der Waals surface area contributed by atoms with Crippen molar-refractivity contribution in [2.45, 2.75) is 31.8 Å². The normalized spacial score (nSPS) is 19.3. The van der Waals surface area contributed by atoms with E-state index in [0.29, 0.717) is 41.5 Å². The first-order valence-corrected chi connectivity index (χ1v) is 10.5. The molecule has 2 aliphatic heterocycles. The van der Waals surface area contributed by atoms with Gasteiger partial charge in [0.1, 0.15) is 11.7 Å². The van der Waals surface area contributed by atoms with Gasteiger partial charge >= 0.3 is 0 Å². The number of ether oxygens (including phenoxy) is 1. The highest BCUT2D eigenvalue weighted by molar-refractivity contribution is 6.33. The number of aromatic nitrogens is 1. The van der Waals surface area contributed by atoms with Crippen molar-refractivity contribution < 1.29 is 14.3 Å². The van der Waals surface area contributed by atoms with Crippen molar-refractivity contribution in [2.75, 3.05) is 26.2 Å². The fourth-order valence-electron chi connectivity index (χ4n) is 3.89. The maximum absolute atomic E-state index is 12.9. The first-order chi connectivity index (χ1) is 14.1. The van der Waals surface area contributed by atoms with Gasteiger partial charge in [0.15, 0.2) is 0 Å². The summed E-state index contributed by atoms with van der Waals surface area (Å²) in [4.78, 5) is 33.6. The first kappa shape index (κ1) is 19.7. The van der Waals surface area contributed by atoms with Crippen LogP contribution in [0.25, 0.3) is 0 Å². The molecule has 0 N–H and O–H groups in total. The van der Waals surface area contributed by atoms with Crippen LogP contribution in [0, 0.1) is 0 Å². The van der Waals surface area contributed by atoms with E-state index in [9.17, 15) is 9.59 Å². The zero-order chi connectivity index (χ0) is 20.2. The molecular weight excluding hydrogens is 390 g/mol. The second-order valence-corrected chi connectivity index (χ2v) is 7.88. The first-order valence-electron chi connectivity index (χ1n) is 10.1. The highest BCUT2D eigenvalue weighted by atomic mass is 35.5. The number of halogens is 1. The molecule has 1 unspecified atom stereocenters. The summed E-state index contributed by atoms with van der Waals surface area (Å²) >= 11 is 6.16. The third-order valence-corrected chi connectivity index (χ3v) is 5.79. The molecule has 1 atom stereocenters. The van der Waals surface area contributed by atoms with Crippen molar-refractivity contribution in [1.29, 1.82) is 0 Å². The van der Waals surface area contributed by atoms with Crippen LogP contribution in [-0.4, -0.2) is 58.9 Å². The van der Waals surface area contributed by atoms with E-state index in [-0.39, 0.29) is 17.9 Å². The van der Waals surface area contributed by atoms with E-state index in [1.165, 1.54) is 0 Å². The number of carbonyl (C=O) groups excluding carboxylic acids is 2. The van der Waals surface area contributed by atoms with Gasteiger partial charge in [-0.2, -0.15) is 0 Å². The SMILES string of the molecule is O=C(c1ccccc1Cl)N1CCC(Oc2ncccc2C(=O)N2CCCCC2)C1. The van der Waals surface area contributed by atoms with Crippen LogP contribution in [0.2, 0.25) is 5.02 Å². The van der Waals surface area contributed by atoms with Gasteiger partial charge in [-0.05, 0) is 43.5 Å². The Morgan fingerprint density at radius 1 is 0.931 bits per heavy atom. The molecule has 0 aliphatic carbocycles. The second kappa shape index (κ2) is 8.82. The quantitative estimate of drug-likeness (QED) is 0.767. The highest BCUT2D eigenvalue weighted by Crippen LogP contribution is 2.25. The van der Waals surface area contributed by atoms with Gasteiger partial charge in [0.05, 0.1) is 17.1 Å². The summed E-state index contributed by atoms with van der Waals surface area (Å²) < 4.78 is 6.08. The zero-order valence-corrected chi connectivity index (χ0v) is 17.0. The van der Waals surface area contributed by atoms with Crippen molar-refractivity contribution in [3.8, 4) is 5.88 Å². The fourth-order valence-corrected chi connectivity index (χ4v) is 4.10. The number of carbonyl (C=O) groups is 2. The predicted octanol–water partition coefficient (Wildman–Crippen LogP) is 3.65. The zero-order valence-electron chi connectivity index (χ0n) is 16.2. The van der Waals surface area contributed by atoms with E-state index >= 15 is 0 Å². The van der Waals surface area contributed by atoms with Gasteiger partial charge in [0.2, 0.25) is 5.88 Å². The molecule has 0 saturated carbocycles. The van der Waals surface area contributed by atoms with E-state index in [1.54, 1.807) is 47.5 Å². The van der Waals surface area contributed by atoms with Gasteiger partial charge in [-0.15, -0.1) is 0 Å². The van der Waals surface area contributed by atoms with Gasteiger partial charge in [-0.3, -0.25) is 9.59 Å². The van der Waals surface area contributed by atoms with E-state index in [1.807, 2.05) is 4.90 Å². The molecule has 29 heavy (non-hydrogen) atoms. The van der Waals surface area contributed by atoms with Gasteiger partial charge in [0, 0.05) is 32.3 Å². The van der Waals surface area contributed by atoms with Crippen molar-refractivity contribution >= 4 is 23.4 Å². The number of nitrogens with zero attached hydrogens (tertiary/aromatic N) is 3. The molecule has 0 spiro atoms. The molecule has 1 aromatic heterocycles. The smallest absolute Gasteiger partial charge is 0.259 e. The molecule has 1 aromatic carbocycles. The maximum Gasteiger partial charge on any atom is 0.259 e. The summed E-state index contributed by atoms with van der Waals surface area (Å²) in [5.74, 6) is 0.210. The standard InChI is InChI=1S/C22H24ClN3O3/c23-19-9-3-2-7-17(19)21(27)26-14-10-16(15-26)29-20-18(8-6-11-24-20)22(28)25-12-4-1-5-13-25/h2-3,6-9,11,16H,1,4-5,10,12-15H2. The highest BCUT2D eigenvalue weighted by Gasteiger charge is 2.31. The maximum atomic E-state index is 12.9. The Hall–Kier alpha value is -2.60. The molecule has 2 fully saturated rings. The van der Waals surface area contributed by atoms with Crippen LogP contribution in [0.1, 0.15) is 46.4 Å². The van der Waals surface area contributed by atoms with Gasteiger partial charge in [-0.1, -0.05) is 23.7 Å². The summed E-state index contributed by atoms with van der Waals surface area (Å²) in [6.07, 6.45) is 5.34. The predicted molar refractivity (Wildman–Crippen MR) is 110 cm³/mol. The lowest BCUT2D eigenvalue weighted by Crippen LogP contribution is -2.36. The number of pyridine rings is 1. The Morgan fingerprint density at radius 2 is 1.66 bits per heavy atom. The van der Waals surface area contributed by atoms with Gasteiger partial charge < -0.3 is 14.5 Å². The molecule has 3 heterocycles. The van der Waals surface area contributed by atoms with Crippen LogP contribution < -0.4 is 4.74 Å². The molecule has 6 nitrogen and oxygen atoms in total. The molecule has 2 saturated heterocycles. The average molecular weight is 414 g/mol. The third-order valence-electron chi connectivity index (χ3n) is 5.46. The molecule has 152 valence electrons. The van der Waals surface area contributed by atoms with E-state index in [2.05, 4.69) is 4.98 Å². The summed E-state index contributed by atoms with van der Waals surface area (Å²) in [5, 5.41) is 0.445. The number of piperidine rings is 1. The van der Waals surface area contributed by atoms with Crippen LogP contribution >= 0.6 is 11.6 Å². The fraction of sp³-hybridized carbons (Fsp3) is 0.409. The lowest BCUT2D eigenvalue weighted by molar-refractivity contribution is 0.0708. The van der Waals surface area contributed by atoms with Crippen molar-refractivity contribution in [1.82, 2.24) is 14.8 Å². The van der Waals surface area contributed by atoms with Crippen LogP contribution in [0.4, 0.5) is 0 Å². The van der Waals surface area contributed by atoms with E-state index in [0.717, 1.165) is 32.4 Å². The number of rotatable bonds is 4. The number of hydrogen-bond acceptors (Lipinski definition) is 4. The molecule has 0 bridgehead atoms. The molecule has 7 heteroatoms. The monoisotopic (exact) mass is 413 g/mol. The van der Waals surface area contributed by atoms with E-state index < -0.39 is 0 Å². The molecule has 4 rings (SSSR count). The van der Waals surface area contributed by atoms with Gasteiger partial charge in [-0.25, -0.2) is 4.98 Å². The largest absolute Gasteiger partial charge is 0.472 e. The second-order valence-electron chi connectivity index (χ2n) is 7.47. The Morgan fingerprint density at radius 3 is 2.45 bits per heavy atom.